The van der Waals surface area contributed by atoms with Crippen LogP contribution >= 0.6 is 11.8 Å². The Morgan fingerprint density at radius 3 is 2.56 bits per heavy atom. The van der Waals surface area contributed by atoms with Crippen molar-refractivity contribution in [3.8, 4) is 0 Å². The SMILES string of the molecule is CC(C)(C)C(=O)N=C1S[C@H]2CS(=O)(=O)C[C@H]2N1c1ccc(F)cc1F. The van der Waals surface area contributed by atoms with Gasteiger partial charge in [-0.15, -0.1) is 0 Å². The molecule has 0 N–H and O–H groups in total. The summed E-state index contributed by atoms with van der Waals surface area (Å²) in [7, 11) is -3.25. The monoisotopic (exact) mass is 388 g/mol. The Labute approximate surface area is 149 Å². The van der Waals surface area contributed by atoms with Gasteiger partial charge in [-0.1, -0.05) is 32.5 Å². The number of thioether (sulfide) groups is 1. The van der Waals surface area contributed by atoms with Gasteiger partial charge in [0, 0.05) is 16.7 Å². The van der Waals surface area contributed by atoms with Gasteiger partial charge in [0.1, 0.15) is 11.6 Å². The molecule has 3 rings (SSSR count). The fourth-order valence-electron chi connectivity index (χ4n) is 2.78. The highest BCUT2D eigenvalue weighted by Crippen LogP contribution is 2.42. The first-order chi connectivity index (χ1) is 11.5. The molecule has 2 atom stereocenters. The molecule has 136 valence electrons. The molecule has 0 aliphatic carbocycles. The summed E-state index contributed by atoms with van der Waals surface area (Å²) in [6, 6.07) is 2.56. The smallest absolute Gasteiger partial charge is 0.253 e. The molecule has 5 nitrogen and oxygen atoms in total. The Morgan fingerprint density at radius 2 is 1.96 bits per heavy atom. The predicted octanol–water partition coefficient (Wildman–Crippen LogP) is 2.61. The minimum atomic E-state index is -3.25. The van der Waals surface area contributed by atoms with Crippen molar-refractivity contribution in [2.45, 2.75) is 32.1 Å². The summed E-state index contributed by atoms with van der Waals surface area (Å²) in [6.07, 6.45) is 0. The number of hydrogen-bond donors (Lipinski definition) is 0. The summed E-state index contributed by atoms with van der Waals surface area (Å²) < 4.78 is 51.5. The van der Waals surface area contributed by atoms with Crippen LogP contribution in [0.2, 0.25) is 0 Å². The summed E-state index contributed by atoms with van der Waals surface area (Å²) in [6.45, 7) is 5.15. The third kappa shape index (κ3) is 3.57. The molecule has 2 saturated heterocycles. The minimum Gasteiger partial charge on any atom is -0.313 e. The Kier molecular flexibility index (Phi) is 4.43. The maximum Gasteiger partial charge on any atom is 0.253 e. The van der Waals surface area contributed by atoms with Crippen LogP contribution in [0.1, 0.15) is 20.8 Å². The van der Waals surface area contributed by atoms with E-state index in [2.05, 4.69) is 4.99 Å². The predicted molar refractivity (Wildman–Crippen MR) is 94.6 cm³/mol. The second-order valence-electron chi connectivity index (χ2n) is 7.22. The van der Waals surface area contributed by atoms with Gasteiger partial charge in [-0.25, -0.2) is 17.2 Å². The van der Waals surface area contributed by atoms with Crippen molar-refractivity contribution < 1.29 is 22.0 Å². The molecular weight excluding hydrogens is 370 g/mol. The van der Waals surface area contributed by atoms with E-state index >= 15 is 0 Å². The van der Waals surface area contributed by atoms with Crippen LogP contribution in [0.25, 0.3) is 0 Å². The summed E-state index contributed by atoms with van der Waals surface area (Å²) in [5.74, 6) is -2.13. The van der Waals surface area contributed by atoms with Gasteiger partial charge in [-0.05, 0) is 12.1 Å². The number of anilines is 1. The molecule has 0 spiro atoms. The molecule has 2 aliphatic heterocycles. The number of sulfone groups is 1. The Morgan fingerprint density at radius 1 is 1.28 bits per heavy atom. The fourth-order valence-corrected chi connectivity index (χ4v) is 6.68. The third-order valence-electron chi connectivity index (χ3n) is 4.07. The maximum atomic E-state index is 14.3. The second kappa shape index (κ2) is 6.05. The number of carbonyl (C=O) groups is 1. The van der Waals surface area contributed by atoms with E-state index in [4.69, 9.17) is 0 Å². The molecule has 0 saturated carbocycles. The zero-order valence-electron chi connectivity index (χ0n) is 14.0. The Balaban J connectivity index is 2.07. The zero-order valence-corrected chi connectivity index (χ0v) is 15.6. The van der Waals surface area contributed by atoms with Gasteiger partial charge in [0.2, 0.25) is 0 Å². The van der Waals surface area contributed by atoms with E-state index in [0.29, 0.717) is 0 Å². The van der Waals surface area contributed by atoms with Crippen LogP contribution < -0.4 is 4.90 Å². The van der Waals surface area contributed by atoms with Crippen molar-refractivity contribution in [3.05, 3.63) is 29.8 Å². The van der Waals surface area contributed by atoms with Crippen molar-refractivity contribution in [1.82, 2.24) is 0 Å². The molecule has 0 unspecified atom stereocenters. The number of benzene rings is 1. The number of amides is 1. The molecule has 0 radical (unpaired) electrons. The van der Waals surface area contributed by atoms with Gasteiger partial charge < -0.3 is 4.90 Å². The lowest BCUT2D eigenvalue weighted by Gasteiger charge is -2.25. The first-order valence-corrected chi connectivity index (χ1v) is 10.4. The third-order valence-corrected chi connectivity index (χ3v) is 7.28. The lowest BCUT2D eigenvalue weighted by molar-refractivity contribution is -0.124. The van der Waals surface area contributed by atoms with E-state index < -0.39 is 32.9 Å². The molecule has 2 heterocycles. The largest absolute Gasteiger partial charge is 0.313 e. The van der Waals surface area contributed by atoms with Gasteiger partial charge >= 0.3 is 0 Å². The number of amidine groups is 1. The number of nitrogens with zero attached hydrogens (tertiary/aromatic N) is 2. The van der Waals surface area contributed by atoms with Crippen LogP contribution in [0.5, 0.6) is 0 Å². The number of carbonyl (C=O) groups excluding carboxylic acids is 1. The highest BCUT2D eigenvalue weighted by Gasteiger charge is 2.50. The highest BCUT2D eigenvalue weighted by atomic mass is 32.2. The molecule has 2 aliphatic rings. The summed E-state index contributed by atoms with van der Waals surface area (Å²) in [4.78, 5) is 17.8. The number of rotatable bonds is 1. The molecule has 2 fully saturated rings. The Hall–Kier alpha value is -1.48. The normalized spacial score (nSPS) is 26.9. The molecule has 9 heteroatoms. The van der Waals surface area contributed by atoms with Crippen LogP contribution in [0, 0.1) is 17.0 Å². The van der Waals surface area contributed by atoms with Gasteiger partial charge in [-0.3, -0.25) is 4.79 Å². The van der Waals surface area contributed by atoms with Gasteiger partial charge in [0.05, 0.1) is 23.2 Å². The lowest BCUT2D eigenvalue weighted by atomic mass is 9.96. The molecule has 0 aromatic heterocycles. The molecule has 1 amide bonds. The summed E-state index contributed by atoms with van der Waals surface area (Å²) in [5, 5.41) is -0.0729. The topological polar surface area (TPSA) is 66.8 Å². The number of aliphatic imine (C=N–C) groups is 1. The van der Waals surface area contributed by atoms with Crippen molar-refractivity contribution in [1.29, 1.82) is 0 Å². The lowest BCUT2D eigenvalue weighted by Crippen LogP contribution is -2.38. The van der Waals surface area contributed by atoms with E-state index in [1.807, 2.05) is 0 Å². The van der Waals surface area contributed by atoms with Crippen molar-refractivity contribution in [3.63, 3.8) is 0 Å². The number of hydrogen-bond acceptors (Lipinski definition) is 4. The molecule has 25 heavy (non-hydrogen) atoms. The molecular formula is C16H18F2N2O3S2. The van der Waals surface area contributed by atoms with Gasteiger partial charge in [0.15, 0.2) is 15.0 Å². The van der Waals surface area contributed by atoms with Gasteiger partial charge in [0.25, 0.3) is 5.91 Å². The maximum absolute atomic E-state index is 14.3. The molecule has 1 aromatic carbocycles. The average Bonchev–Trinajstić information content (AvgIpc) is 2.90. The fraction of sp³-hybridized carbons (Fsp3) is 0.500. The van der Waals surface area contributed by atoms with Crippen molar-refractivity contribution in [2.75, 3.05) is 16.4 Å². The first-order valence-electron chi connectivity index (χ1n) is 7.72. The van der Waals surface area contributed by atoms with E-state index in [9.17, 15) is 22.0 Å². The highest BCUT2D eigenvalue weighted by molar-refractivity contribution is 8.16. The van der Waals surface area contributed by atoms with Crippen LogP contribution in [0.4, 0.5) is 14.5 Å². The number of fused-ring (bicyclic) bond motifs is 1. The molecule has 0 bridgehead atoms. The minimum absolute atomic E-state index is 0.0268. The van der Waals surface area contributed by atoms with Crippen molar-refractivity contribution in [2.24, 2.45) is 10.4 Å². The standard InChI is InChI=1S/C16H18F2N2O3S2/c1-16(2,3)14(21)19-15-20(11-5-4-9(17)6-10(11)18)12-7-25(22,23)8-13(12)24-15/h4-6,12-13H,7-8H2,1-3H3/t12-,13+/m1/s1. The van der Waals surface area contributed by atoms with E-state index in [0.717, 1.165) is 23.9 Å². The summed E-state index contributed by atoms with van der Waals surface area (Å²) >= 11 is 1.16. The quantitative estimate of drug-likeness (QED) is 0.740. The van der Waals surface area contributed by atoms with Crippen LogP contribution in [0.15, 0.2) is 23.2 Å². The van der Waals surface area contributed by atoms with E-state index in [-0.39, 0.29) is 33.5 Å². The van der Waals surface area contributed by atoms with E-state index in [1.54, 1.807) is 20.8 Å². The van der Waals surface area contributed by atoms with Crippen LogP contribution in [-0.4, -0.2) is 42.3 Å². The first kappa shape index (κ1) is 18.3. The Bertz CT molecular complexity index is 863. The zero-order chi connectivity index (χ0) is 18.6. The summed E-state index contributed by atoms with van der Waals surface area (Å²) in [5.41, 5.74) is -0.691. The van der Waals surface area contributed by atoms with Crippen LogP contribution in [0.3, 0.4) is 0 Å². The van der Waals surface area contributed by atoms with E-state index in [1.165, 1.54) is 11.0 Å². The number of halogens is 2. The molecule has 1 aromatic rings. The average molecular weight is 388 g/mol. The second-order valence-corrected chi connectivity index (χ2v) is 10.6. The van der Waals surface area contributed by atoms with Crippen LogP contribution in [-0.2, 0) is 14.6 Å². The van der Waals surface area contributed by atoms with Gasteiger partial charge in [-0.2, -0.15) is 4.99 Å². The van der Waals surface area contributed by atoms with Crippen molar-refractivity contribution >= 4 is 38.4 Å².